The summed E-state index contributed by atoms with van der Waals surface area (Å²) < 4.78 is 32.2. The van der Waals surface area contributed by atoms with Crippen molar-refractivity contribution in [2.24, 2.45) is 0 Å². The van der Waals surface area contributed by atoms with Gasteiger partial charge in [-0.1, -0.05) is 6.08 Å². The first kappa shape index (κ1) is 26.5. The summed E-state index contributed by atoms with van der Waals surface area (Å²) in [5.74, 6) is 0.151. The number of allylic oxidation sites excluding steroid dienone is 3. The maximum atomic E-state index is 13.6. The molecule has 11 nitrogen and oxygen atoms in total. The number of carbonyl (C=O) groups is 1. The lowest BCUT2D eigenvalue weighted by Crippen LogP contribution is -2.36. The molecule has 12 heteroatoms. The number of esters is 1. The first-order chi connectivity index (χ1) is 15.6. The van der Waals surface area contributed by atoms with Crippen molar-refractivity contribution in [3.63, 3.8) is 0 Å². The monoisotopic (exact) mass is 480 g/mol. The largest absolute Gasteiger partial charge is 0.462 e. The highest BCUT2D eigenvalue weighted by Gasteiger charge is 2.32. The van der Waals surface area contributed by atoms with Gasteiger partial charge in [0.15, 0.2) is 11.5 Å². The molecule has 0 spiro atoms. The molecule has 2 heterocycles. The third-order valence-corrected chi connectivity index (χ3v) is 6.15. The number of imidazole rings is 1. The van der Waals surface area contributed by atoms with E-state index in [-0.39, 0.29) is 18.6 Å². The average Bonchev–Trinajstić information content (AvgIpc) is 3.15. The zero-order valence-electron chi connectivity index (χ0n) is 19.9. The second kappa shape index (κ2) is 11.9. The predicted octanol–water partition coefficient (Wildman–Crippen LogP) is 3.39. The third kappa shape index (κ3) is 7.66. The van der Waals surface area contributed by atoms with Crippen LogP contribution >= 0.6 is 7.52 Å². The smallest absolute Gasteiger partial charge is 0.342 e. The topological polar surface area (TPSA) is 143 Å². The number of anilines is 1. The summed E-state index contributed by atoms with van der Waals surface area (Å²) in [6, 6.07) is -0.863. The molecular formula is C21H33N6O5P. The summed E-state index contributed by atoms with van der Waals surface area (Å²) in [5, 5.41) is 2.78. The van der Waals surface area contributed by atoms with E-state index >= 15 is 0 Å². The molecule has 182 valence electrons. The number of fused-ring (bicyclic) bond motifs is 1. The first-order valence-corrected chi connectivity index (χ1v) is 12.5. The van der Waals surface area contributed by atoms with E-state index in [2.05, 4.69) is 20.0 Å². The van der Waals surface area contributed by atoms with E-state index in [0.29, 0.717) is 29.3 Å². The van der Waals surface area contributed by atoms with Crippen molar-refractivity contribution in [3.8, 4) is 0 Å². The Balaban J connectivity index is 2.13. The Morgan fingerprint density at radius 2 is 1.97 bits per heavy atom. The van der Waals surface area contributed by atoms with Crippen molar-refractivity contribution < 1.29 is 23.4 Å². The molecule has 0 aliphatic heterocycles. The van der Waals surface area contributed by atoms with E-state index in [9.17, 15) is 9.36 Å². The molecule has 0 saturated heterocycles. The number of nitrogen functional groups attached to an aromatic ring is 1. The van der Waals surface area contributed by atoms with E-state index in [1.54, 1.807) is 56.8 Å². The van der Waals surface area contributed by atoms with Crippen molar-refractivity contribution in [2.75, 3.05) is 12.1 Å². The molecule has 0 amide bonds. The van der Waals surface area contributed by atoms with Crippen molar-refractivity contribution in [2.45, 2.75) is 66.3 Å². The van der Waals surface area contributed by atoms with Gasteiger partial charge in [0.1, 0.15) is 30.0 Å². The maximum absolute atomic E-state index is 13.6. The molecule has 3 atom stereocenters. The molecule has 2 aromatic rings. The summed E-state index contributed by atoms with van der Waals surface area (Å²) in [4.78, 5) is 24.6. The number of carbonyl (C=O) groups excluding carboxylic acids is 1. The van der Waals surface area contributed by atoms with Gasteiger partial charge < -0.3 is 24.3 Å². The van der Waals surface area contributed by atoms with Gasteiger partial charge in [0, 0.05) is 0 Å². The van der Waals surface area contributed by atoms with Gasteiger partial charge in [-0.25, -0.2) is 20.0 Å². The van der Waals surface area contributed by atoms with Gasteiger partial charge in [-0.3, -0.25) is 9.36 Å². The van der Waals surface area contributed by atoms with Crippen molar-refractivity contribution >= 4 is 30.5 Å². The number of nitrogens with zero attached hydrogens (tertiary/aromatic N) is 4. The van der Waals surface area contributed by atoms with Crippen molar-refractivity contribution in [3.05, 3.63) is 36.6 Å². The normalized spacial score (nSPS) is 16.2. The molecule has 2 rings (SSSR count). The Morgan fingerprint density at radius 1 is 1.24 bits per heavy atom. The van der Waals surface area contributed by atoms with E-state index in [1.807, 2.05) is 13.8 Å². The molecule has 0 aromatic carbocycles. The standard InChI is InChI=1S/C21H33N6O5P/c1-7-9-17(8-2)32-33(29,26-16(6)21(28)31-14(3)4)13-30-15(5)10-27-12-25-18-19(22)23-11-24-20(18)27/h7-9,11-12,14-16H,10,13H2,1-6H3,(H,26,29)(H2,22,23,24)/b9-7-,17-8+/t15-,16-,33?/m1/s1. The van der Waals surface area contributed by atoms with Crippen LogP contribution in [0.15, 0.2) is 36.6 Å². The van der Waals surface area contributed by atoms with Gasteiger partial charge >= 0.3 is 13.5 Å². The molecule has 0 aliphatic rings. The second-order valence-electron chi connectivity index (χ2n) is 7.73. The number of aromatic nitrogens is 4. The highest BCUT2D eigenvalue weighted by molar-refractivity contribution is 7.56. The number of rotatable bonds is 12. The molecule has 33 heavy (non-hydrogen) atoms. The summed E-state index contributed by atoms with van der Waals surface area (Å²) in [7, 11) is -3.64. The number of hydrogen-bond acceptors (Lipinski definition) is 9. The van der Waals surface area contributed by atoms with Crippen LogP contribution in [-0.2, 0) is 29.9 Å². The average molecular weight is 481 g/mol. The minimum absolute atomic E-state index is 0.272. The molecule has 0 fully saturated rings. The van der Waals surface area contributed by atoms with Crippen LogP contribution in [0, 0.1) is 0 Å². The lowest BCUT2D eigenvalue weighted by molar-refractivity contribution is -0.149. The highest BCUT2D eigenvalue weighted by atomic mass is 31.2. The van der Waals surface area contributed by atoms with E-state index in [4.69, 9.17) is 19.7 Å². The SMILES string of the molecule is C/C=C\C(=C/C)OP(=O)(CO[C@H](C)Cn1cnc2c(N)ncnc21)N[C@H](C)C(=O)OC(C)C. The van der Waals surface area contributed by atoms with E-state index < -0.39 is 19.5 Å². The van der Waals surface area contributed by atoms with Crippen LogP contribution in [0.1, 0.15) is 41.5 Å². The van der Waals surface area contributed by atoms with Crippen molar-refractivity contribution in [1.82, 2.24) is 24.6 Å². The predicted molar refractivity (Wildman–Crippen MR) is 126 cm³/mol. The van der Waals surface area contributed by atoms with E-state index in [1.165, 1.54) is 6.33 Å². The van der Waals surface area contributed by atoms with E-state index in [0.717, 1.165) is 0 Å². The molecule has 3 N–H and O–H groups in total. The molecule has 1 unspecified atom stereocenters. The fraction of sp³-hybridized carbons (Fsp3) is 0.524. The van der Waals surface area contributed by atoms with Crippen LogP contribution in [-0.4, -0.2) is 50.1 Å². The quantitative estimate of drug-likeness (QED) is 0.201. The van der Waals surface area contributed by atoms with Gasteiger partial charge in [-0.05, 0) is 53.7 Å². The van der Waals surface area contributed by atoms with Crippen LogP contribution in [0.4, 0.5) is 5.82 Å². The third-order valence-electron chi connectivity index (χ3n) is 4.38. The number of nitrogens with one attached hydrogen (secondary N) is 1. The lowest BCUT2D eigenvalue weighted by Gasteiger charge is -2.25. The Morgan fingerprint density at radius 3 is 2.61 bits per heavy atom. The number of nitrogens with two attached hydrogens (primary N) is 1. The molecule has 2 aromatic heterocycles. The van der Waals surface area contributed by atoms with Gasteiger partial charge in [0.25, 0.3) is 0 Å². The zero-order valence-corrected chi connectivity index (χ0v) is 20.8. The molecule has 0 saturated carbocycles. The lowest BCUT2D eigenvalue weighted by atomic mass is 10.4. The Hall–Kier alpha value is -2.75. The van der Waals surface area contributed by atoms with Gasteiger partial charge in [0.2, 0.25) is 0 Å². The van der Waals surface area contributed by atoms with Crippen molar-refractivity contribution in [1.29, 1.82) is 0 Å². The summed E-state index contributed by atoms with van der Waals surface area (Å²) >= 11 is 0. The van der Waals surface area contributed by atoms with Crippen LogP contribution in [0.5, 0.6) is 0 Å². The van der Waals surface area contributed by atoms with Gasteiger partial charge in [0.05, 0.1) is 25.1 Å². The Labute approximate surface area is 193 Å². The second-order valence-corrected chi connectivity index (χ2v) is 9.77. The number of hydrogen-bond donors (Lipinski definition) is 2. The van der Waals surface area contributed by atoms with Gasteiger partial charge in [-0.2, -0.15) is 0 Å². The zero-order chi connectivity index (χ0) is 24.6. The minimum Gasteiger partial charge on any atom is -0.462 e. The van der Waals surface area contributed by atoms with Crippen LogP contribution in [0.3, 0.4) is 0 Å². The van der Waals surface area contributed by atoms with Crippen LogP contribution in [0.2, 0.25) is 0 Å². The fourth-order valence-corrected chi connectivity index (χ4v) is 4.71. The summed E-state index contributed by atoms with van der Waals surface area (Å²) in [6.07, 6.45) is 7.13. The van der Waals surface area contributed by atoms with Crippen LogP contribution in [0.25, 0.3) is 11.2 Å². The molecular weight excluding hydrogens is 447 g/mol. The highest BCUT2D eigenvalue weighted by Crippen LogP contribution is 2.46. The summed E-state index contributed by atoms with van der Waals surface area (Å²) in [5.41, 5.74) is 6.91. The maximum Gasteiger partial charge on any atom is 0.342 e. The molecule has 0 radical (unpaired) electrons. The minimum atomic E-state index is -3.64. The molecule has 0 bridgehead atoms. The Bertz CT molecular complexity index is 1050. The Kier molecular flexibility index (Phi) is 9.57. The fourth-order valence-electron chi connectivity index (χ4n) is 2.87. The summed E-state index contributed by atoms with van der Waals surface area (Å²) in [6.45, 7) is 10.8. The van der Waals surface area contributed by atoms with Gasteiger partial charge in [-0.15, -0.1) is 0 Å². The first-order valence-electron chi connectivity index (χ1n) is 10.7. The van der Waals surface area contributed by atoms with Crippen LogP contribution < -0.4 is 10.8 Å². The number of ether oxygens (including phenoxy) is 2. The molecule has 0 aliphatic carbocycles.